The van der Waals surface area contributed by atoms with E-state index in [2.05, 4.69) is 15.0 Å². The number of aliphatic hydroxyl groups is 3. The molecule has 0 aromatic carbocycles. The molecule has 20 heavy (non-hydrogen) atoms. The average molecular weight is 285 g/mol. The number of rotatable bonds is 2. The van der Waals surface area contributed by atoms with Gasteiger partial charge in [0.1, 0.15) is 18.3 Å². The van der Waals surface area contributed by atoms with Crippen molar-refractivity contribution in [1.82, 2.24) is 19.5 Å². The summed E-state index contributed by atoms with van der Waals surface area (Å²) in [5, 5.41) is 28.7. The first kappa shape index (κ1) is 13.0. The summed E-state index contributed by atoms with van der Waals surface area (Å²) >= 11 is 0. The average Bonchev–Trinajstić information content (AvgIpc) is 2.93. The van der Waals surface area contributed by atoms with Crippen molar-refractivity contribution in [3.63, 3.8) is 0 Å². The van der Waals surface area contributed by atoms with E-state index >= 15 is 0 Å². The number of nitrogens with zero attached hydrogens (tertiary/aromatic N) is 3. The minimum atomic E-state index is -1.29. The highest BCUT2D eigenvalue weighted by atomic mass is 16.6. The second kappa shape index (κ2) is 4.52. The fourth-order valence-corrected chi connectivity index (χ4v) is 2.24. The van der Waals surface area contributed by atoms with Crippen LogP contribution in [0.3, 0.4) is 0 Å². The molecule has 3 rings (SSSR count). The number of nitrogens with two attached hydrogens (primary N) is 1. The van der Waals surface area contributed by atoms with Crippen molar-refractivity contribution in [2.24, 2.45) is 0 Å². The summed E-state index contributed by atoms with van der Waals surface area (Å²) in [5.74, 6) is -0.101. The summed E-state index contributed by atoms with van der Waals surface area (Å²) in [7, 11) is 0. The molecular weight excluding hydrogens is 272 g/mol. The molecule has 1 fully saturated rings. The van der Waals surface area contributed by atoms with Crippen molar-refractivity contribution in [3.8, 4) is 0 Å². The van der Waals surface area contributed by atoms with Gasteiger partial charge in [-0.3, -0.25) is 14.3 Å². The van der Waals surface area contributed by atoms with Gasteiger partial charge >= 0.3 is 0 Å². The lowest BCUT2D eigenvalue weighted by Crippen LogP contribution is -2.33. The minimum Gasteiger partial charge on any atom is -0.394 e. The third-order valence-corrected chi connectivity index (χ3v) is 3.24. The molecule has 0 radical (unpaired) electrons. The van der Waals surface area contributed by atoms with Gasteiger partial charge in [0, 0.05) is 0 Å². The molecule has 2 aromatic heterocycles. The van der Waals surface area contributed by atoms with Gasteiger partial charge in [-0.1, -0.05) is 0 Å². The highest BCUT2D eigenvalue weighted by Gasteiger charge is 2.44. The molecule has 0 saturated carbocycles. The molecule has 0 amide bonds. The maximum Gasteiger partial charge on any atom is 0.280 e. The van der Waals surface area contributed by atoms with E-state index in [1.165, 1.54) is 10.9 Å². The van der Waals surface area contributed by atoms with Crippen molar-refractivity contribution in [2.75, 3.05) is 12.3 Å². The zero-order valence-electron chi connectivity index (χ0n) is 10.2. The van der Waals surface area contributed by atoms with E-state index in [0.29, 0.717) is 0 Å². The van der Waals surface area contributed by atoms with Crippen LogP contribution < -0.4 is 11.3 Å². The van der Waals surface area contributed by atoms with Gasteiger partial charge in [-0.15, -0.1) is 0 Å². The summed E-state index contributed by atoms with van der Waals surface area (Å²) in [6, 6.07) is 0. The van der Waals surface area contributed by atoms with Crippen LogP contribution in [0.1, 0.15) is 6.23 Å². The Bertz CT molecular complexity index is 697. The van der Waals surface area contributed by atoms with Crippen molar-refractivity contribution in [3.05, 3.63) is 16.7 Å². The van der Waals surface area contributed by atoms with E-state index in [0.717, 1.165) is 0 Å². The molecule has 1 aliphatic heterocycles. The van der Waals surface area contributed by atoms with E-state index in [1.807, 2.05) is 0 Å². The Balaban J connectivity index is 2.09. The Morgan fingerprint density at radius 1 is 1.45 bits per heavy atom. The van der Waals surface area contributed by atoms with E-state index in [9.17, 15) is 15.0 Å². The molecule has 2 aromatic rings. The number of nitrogens with one attached hydrogen (secondary N) is 1. The number of H-pyrrole nitrogens is 1. The van der Waals surface area contributed by atoms with E-state index < -0.39 is 36.7 Å². The number of ether oxygens (including phenoxy) is 1. The van der Waals surface area contributed by atoms with E-state index in [-0.39, 0.29) is 17.1 Å². The Labute approximate surface area is 111 Å². The smallest absolute Gasteiger partial charge is 0.280 e. The predicted molar refractivity (Wildman–Crippen MR) is 65.6 cm³/mol. The number of imidazole rings is 1. The lowest BCUT2D eigenvalue weighted by atomic mass is 10.1. The molecule has 0 bridgehead atoms. The van der Waals surface area contributed by atoms with Gasteiger partial charge in [-0.25, -0.2) is 4.98 Å². The zero-order chi connectivity index (χ0) is 14.4. The van der Waals surface area contributed by atoms with Crippen LogP contribution in [0.4, 0.5) is 5.95 Å². The van der Waals surface area contributed by atoms with Gasteiger partial charge in [0.25, 0.3) is 5.56 Å². The van der Waals surface area contributed by atoms with Crippen LogP contribution in [0, 0.1) is 0 Å². The molecule has 0 spiro atoms. The summed E-state index contributed by atoms with van der Waals surface area (Å²) < 4.78 is 6.64. The minimum absolute atomic E-state index is 0.0388. The van der Waals surface area contributed by atoms with E-state index in [4.69, 9.17) is 15.6 Å². The number of aliphatic hydroxyl groups excluding tert-OH is 3. The fraction of sp³-hybridized carbons (Fsp3) is 0.500. The summed E-state index contributed by atoms with van der Waals surface area (Å²) in [5.41, 5.74) is 5.12. The standard InChI is InChI=1S/C10H13N5O5/c11-10-13-7-4(8(19)14-10)12-2-15(7)9-6(18)5(17)3(1-16)20-9/h2-3,5-6,9,16-18H,1H2,(H3,11,13,14,19)/t3-,5-,6-,9-/m1/s1/i2+2. The molecule has 6 N–H and O–H groups in total. The Hall–Kier alpha value is -2.01. The van der Waals surface area contributed by atoms with Crippen LogP contribution in [0.5, 0.6) is 0 Å². The summed E-state index contributed by atoms with van der Waals surface area (Å²) in [6.07, 6.45) is -3.21. The predicted octanol–water partition coefficient (Wildman–Crippen LogP) is -2.69. The van der Waals surface area contributed by atoms with Crippen LogP contribution in [0.2, 0.25) is 0 Å². The molecule has 1 saturated heterocycles. The molecule has 3 heterocycles. The van der Waals surface area contributed by atoms with Gasteiger partial charge in [-0.2, -0.15) is 4.98 Å². The van der Waals surface area contributed by atoms with Crippen LogP contribution in [0.15, 0.2) is 11.1 Å². The van der Waals surface area contributed by atoms with Gasteiger partial charge in [0.05, 0.1) is 12.9 Å². The molecule has 0 aliphatic carbocycles. The van der Waals surface area contributed by atoms with Gasteiger partial charge < -0.3 is 25.8 Å². The van der Waals surface area contributed by atoms with Crippen molar-refractivity contribution < 1.29 is 20.1 Å². The number of hydrogen-bond donors (Lipinski definition) is 5. The fourth-order valence-electron chi connectivity index (χ4n) is 2.24. The number of aromatic nitrogens is 4. The maximum absolute atomic E-state index is 11.7. The SMILES string of the molecule is Nc1nc2c(n[14cH]n2[C@@H]2O[C@H](CO)[C@@H](O)[C@H]2O)c(=O)[nH]1. The third kappa shape index (κ3) is 1.78. The maximum atomic E-state index is 11.7. The Morgan fingerprint density at radius 3 is 2.85 bits per heavy atom. The zero-order valence-corrected chi connectivity index (χ0v) is 10.2. The molecular formula is C10H13N5O5. The van der Waals surface area contributed by atoms with Crippen molar-refractivity contribution >= 4 is 17.1 Å². The van der Waals surface area contributed by atoms with Crippen LogP contribution in [0.25, 0.3) is 11.2 Å². The molecule has 1 aliphatic rings. The van der Waals surface area contributed by atoms with Crippen LogP contribution in [-0.4, -0.2) is 59.8 Å². The quantitative estimate of drug-likeness (QED) is 0.399. The van der Waals surface area contributed by atoms with Crippen LogP contribution in [-0.2, 0) is 4.74 Å². The van der Waals surface area contributed by atoms with Gasteiger partial charge in [0.15, 0.2) is 17.4 Å². The Morgan fingerprint density at radius 2 is 2.20 bits per heavy atom. The molecule has 0 unspecified atom stereocenters. The summed E-state index contributed by atoms with van der Waals surface area (Å²) in [6.45, 7) is -0.447. The van der Waals surface area contributed by atoms with Gasteiger partial charge in [-0.05, 0) is 0 Å². The Kier molecular flexibility index (Phi) is 2.94. The number of aromatic amines is 1. The largest absolute Gasteiger partial charge is 0.394 e. The second-order valence-electron chi connectivity index (χ2n) is 4.50. The first-order valence-electron chi connectivity index (χ1n) is 5.87. The normalized spacial score (nSPS) is 30.1. The molecule has 10 heteroatoms. The lowest BCUT2D eigenvalue weighted by Gasteiger charge is -2.16. The molecule has 108 valence electrons. The summed E-state index contributed by atoms with van der Waals surface area (Å²) in [4.78, 5) is 21.8. The third-order valence-electron chi connectivity index (χ3n) is 3.24. The first-order chi connectivity index (χ1) is 9.52. The van der Waals surface area contributed by atoms with Crippen LogP contribution >= 0.6 is 0 Å². The highest BCUT2D eigenvalue weighted by molar-refractivity contribution is 5.70. The lowest BCUT2D eigenvalue weighted by molar-refractivity contribution is -0.0511. The molecule has 4 atom stereocenters. The number of hydrogen-bond acceptors (Lipinski definition) is 8. The van der Waals surface area contributed by atoms with Crippen molar-refractivity contribution in [1.29, 1.82) is 0 Å². The number of fused-ring (bicyclic) bond motifs is 1. The topological polar surface area (TPSA) is 160 Å². The van der Waals surface area contributed by atoms with E-state index in [1.54, 1.807) is 0 Å². The highest BCUT2D eigenvalue weighted by Crippen LogP contribution is 2.30. The number of nitrogen functional groups attached to an aromatic ring is 1. The second-order valence-corrected chi connectivity index (χ2v) is 4.50. The van der Waals surface area contributed by atoms with Crippen molar-refractivity contribution in [2.45, 2.75) is 24.5 Å². The van der Waals surface area contributed by atoms with Gasteiger partial charge in [0.2, 0.25) is 5.95 Å². The number of anilines is 1. The molecule has 10 nitrogen and oxygen atoms in total. The first-order valence-corrected chi connectivity index (χ1v) is 5.87. The monoisotopic (exact) mass is 285 g/mol.